The Bertz CT molecular complexity index is 287. The molecule has 15 heavy (non-hydrogen) atoms. The number of rotatable bonds is 6. The lowest BCUT2D eigenvalue weighted by Gasteiger charge is -2.11. The Morgan fingerprint density at radius 1 is 1.47 bits per heavy atom. The monoisotopic (exact) mass is 223 g/mol. The zero-order valence-corrected chi connectivity index (χ0v) is 9.83. The predicted molar refractivity (Wildman–Crippen MR) is 62.9 cm³/mol. The van der Waals surface area contributed by atoms with Gasteiger partial charge >= 0.3 is 0 Å². The van der Waals surface area contributed by atoms with Crippen LogP contribution in [0.3, 0.4) is 0 Å². The second kappa shape index (κ2) is 5.47. The number of hydrogen-bond donors (Lipinski definition) is 1. The summed E-state index contributed by atoms with van der Waals surface area (Å²) in [4.78, 5) is 8.33. The topological polar surface area (TPSA) is 37.8 Å². The highest BCUT2D eigenvalue weighted by atomic mass is 32.2. The first kappa shape index (κ1) is 10.9. The maximum Gasteiger partial charge on any atom is 0.187 e. The van der Waals surface area contributed by atoms with E-state index in [2.05, 4.69) is 22.2 Å². The van der Waals surface area contributed by atoms with Crippen molar-refractivity contribution < 1.29 is 0 Å². The Morgan fingerprint density at radius 2 is 2.20 bits per heavy atom. The summed E-state index contributed by atoms with van der Waals surface area (Å²) in [5.41, 5.74) is 0. The Morgan fingerprint density at radius 3 is 2.87 bits per heavy atom. The lowest BCUT2D eigenvalue weighted by molar-refractivity contribution is 0.514. The molecular weight excluding hydrogens is 206 g/mol. The van der Waals surface area contributed by atoms with Crippen molar-refractivity contribution in [2.24, 2.45) is 5.92 Å². The molecule has 3 nitrogen and oxygen atoms in total. The molecule has 1 atom stereocenters. The highest BCUT2D eigenvalue weighted by Gasteiger charge is 2.27. The molecule has 1 saturated carbocycles. The maximum atomic E-state index is 4.17. The van der Waals surface area contributed by atoms with Gasteiger partial charge in [-0.2, -0.15) is 0 Å². The SMILES string of the molecule is CC(NCCSc1ncccn1)C1CC1. The molecular formula is C11H17N3S. The lowest BCUT2D eigenvalue weighted by atomic mass is 10.2. The van der Waals surface area contributed by atoms with Crippen LogP contribution < -0.4 is 5.32 Å². The van der Waals surface area contributed by atoms with Gasteiger partial charge in [0.05, 0.1) is 0 Å². The quantitative estimate of drug-likeness (QED) is 0.454. The van der Waals surface area contributed by atoms with Crippen LogP contribution in [0.1, 0.15) is 19.8 Å². The van der Waals surface area contributed by atoms with Gasteiger partial charge in [-0.1, -0.05) is 11.8 Å². The van der Waals surface area contributed by atoms with E-state index in [1.807, 2.05) is 6.07 Å². The van der Waals surface area contributed by atoms with Gasteiger partial charge in [0.2, 0.25) is 0 Å². The third kappa shape index (κ3) is 3.80. The molecule has 0 amide bonds. The zero-order valence-electron chi connectivity index (χ0n) is 9.02. The smallest absolute Gasteiger partial charge is 0.187 e. The van der Waals surface area contributed by atoms with Crippen LogP contribution in [-0.4, -0.2) is 28.3 Å². The second-order valence-corrected chi connectivity index (χ2v) is 5.02. The van der Waals surface area contributed by atoms with E-state index in [-0.39, 0.29) is 0 Å². The van der Waals surface area contributed by atoms with Crippen molar-refractivity contribution >= 4 is 11.8 Å². The molecule has 1 heterocycles. The molecule has 1 aliphatic rings. The first-order valence-corrected chi connectivity index (χ1v) is 6.48. The number of nitrogens with one attached hydrogen (secondary N) is 1. The fourth-order valence-electron chi connectivity index (χ4n) is 1.55. The fourth-order valence-corrected chi connectivity index (χ4v) is 2.23. The highest BCUT2D eigenvalue weighted by molar-refractivity contribution is 7.99. The normalized spacial score (nSPS) is 17.7. The molecule has 1 unspecified atom stereocenters. The van der Waals surface area contributed by atoms with Crippen LogP contribution in [0.4, 0.5) is 0 Å². The van der Waals surface area contributed by atoms with Crippen LogP contribution in [0.2, 0.25) is 0 Å². The average molecular weight is 223 g/mol. The van der Waals surface area contributed by atoms with Gasteiger partial charge < -0.3 is 5.32 Å². The first-order chi connectivity index (χ1) is 7.36. The summed E-state index contributed by atoms with van der Waals surface area (Å²) < 4.78 is 0. The first-order valence-electron chi connectivity index (χ1n) is 5.49. The van der Waals surface area contributed by atoms with Crippen LogP contribution in [0.5, 0.6) is 0 Å². The van der Waals surface area contributed by atoms with Gasteiger partial charge in [-0.3, -0.25) is 0 Å². The third-order valence-electron chi connectivity index (χ3n) is 2.67. The van der Waals surface area contributed by atoms with Crippen molar-refractivity contribution in [2.45, 2.75) is 31.0 Å². The second-order valence-electron chi connectivity index (χ2n) is 3.96. The van der Waals surface area contributed by atoms with Crippen molar-refractivity contribution in [1.29, 1.82) is 0 Å². The van der Waals surface area contributed by atoms with Crippen molar-refractivity contribution in [2.75, 3.05) is 12.3 Å². The van der Waals surface area contributed by atoms with E-state index < -0.39 is 0 Å². The third-order valence-corrected chi connectivity index (χ3v) is 3.55. The van der Waals surface area contributed by atoms with Crippen LogP contribution >= 0.6 is 11.8 Å². The summed E-state index contributed by atoms with van der Waals surface area (Å²) >= 11 is 1.71. The number of thioether (sulfide) groups is 1. The van der Waals surface area contributed by atoms with E-state index >= 15 is 0 Å². The molecule has 2 rings (SSSR count). The van der Waals surface area contributed by atoms with Crippen molar-refractivity contribution in [3.63, 3.8) is 0 Å². The van der Waals surface area contributed by atoms with E-state index in [0.29, 0.717) is 6.04 Å². The van der Waals surface area contributed by atoms with Gasteiger partial charge in [-0.15, -0.1) is 0 Å². The Hall–Kier alpha value is -0.610. The highest BCUT2D eigenvalue weighted by Crippen LogP contribution is 2.32. The summed E-state index contributed by atoms with van der Waals surface area (Å²) in [6.45, 7) is 3.32. The van der Waals surface area contributed by atoms with E-state index in [1.54, 1.807) is 24.2 Å². The Balaban J connectivity index is 1.58. The summed E-state index contributed by atoms with van der Waals surface area (Å²) in [6.07, 6.45) is 6.39. The van der Waals surface area contributed by atoms with Crippen molar-refractivity contribution in [3.8, 4) is 0 Å². The lowest BCUT2D eigenvalue weighted by Crippen LogP contribution is -2.29. The molecule has 0 aromatic carbocycles. The minimum Gasteiger partial charge on any atom is -0.313 e. The molecule has 1 N–H and O–H groups in total. The van der Waals surface area contributed by atoms with E-state index in [0.717, 1.165) is 23.4 Å². The summed E-state index contributed by atoms with van der Waals surface area (Å²) in [5.74, 6) is 1.98. The summed E-state index contributed by atoms with van der Waals surface area (Å²) in [6, 6.07) is 2.53. The molecule has 0 radical (unpaired) electrons. The van der Waals surface area contributed by atoms with Gasteiger partial charge in [-0.05, 0) is 31.7 Å². The van der Waals surface area contributed by atoms with Crippen LogP contribution in [0, 0.1) is 5.92 Å². The predicted octanol–water partition coefficient (Wildman–Crippen LogP) is 1.96. The molecule has 0 spiro atoms. The van der Waals surface area contributed by atoms with Crippen LogP contribution in [-0.2, 0) is 0 Å². The van der Waals surface area contributed by atoms with E-state index in [9.17, 15) is 0 Å². The molecule has 1 aromatic rings. The standard InChI is InChI=1S/C11H17N3S/c1-9(10-3-4-10)12-7-8-15-11-13-5-2-6-14-11/h2,5-6,9-10,12H,3-4,7-8H2,1H3. The van der Waals surface area contributed by atoms with Crippen LogP contribution in [0.15, 0.2) is 23.6 Å². The van der Waals surface area contributed by atoms with Gasteiger partial charge in [0.25, 0.3) is 0 Å². The molecule has 0 bridgehead atoms. The maximum absolute atomic E-state index is 4.17. The van der Waals surface area contributed by atoms with Crippen molar-refractivity contribution in [3.05, 3.63) is 18.5 Å². The molecule has 0 saturated heterocycles. The molecule has 82 valence electrons. The van der Waals surface area contributed by atoms with E-state index in [1.165, 1.54) is 12.8 Å². The summed E-state index contributed by atoms with van der Waals surface area (Å²) in [5, 5.41) is 4.41. The van der Waals surface area contributed by atoms with E-state index in [4.69, 9.17) is 0 Å². The fraction of sp³-hybridized carbons (Fsp3) is 0.636. The van der Waals surface area contributed by atoms with Gasteiger partial charge in [-0.25, -0.2) is 9.97 Å². The molecule has 1 aliphatic carbocycles. The average Bonchev–Trinajstić information content (AvgIpc) is 3.09. The Labute approximate surface area is 95.1 Å². The molecule has 1 aromatic heterocycles. The number of hydrogen-bond acceptors (Lipinski definition) is 4. The molecule has 1 fully saturated rings. The minimum absolute atomic E-state index is 0.683. The zero-order chi connectivity index (χ0) is 10.5. The largest absolute Gasteiger partial charge is 0.313 e. The minimum atomic E-state index is 0.683. The van der Waals surface area contributed by atoms with Crippen molar-refractivity contribution in [1.82, 2.24) is 15.3 Å². The van der Waals surface area contributed by atoms with Crippen LogP contribution in [0.25, 0.3) is 0 Å². The summed E-state index contributed by atoms with van der Waals surface area (Å²) in [7, 11) is 0. The van der Waals surface area contributed by atoms with Gasteiger partial charge in [0, 0.05) is 30.7 Å². The molecule has 4 heteroatoms. The van der Waals surface area contributed by atoms with Gasteiger partial charge in [0.15, 0.2) is 5.16 Å². The van der Waals surface area contributed by atoms with Gasteiger partial charge in [0.1, 0.15) is 0 Å². The molecule has 0 aliphatic heterocycles. The number of nitrogens with zero attached hydrogens (tertiary/aromatic N) is 2. The Kier molecular flexibility index (Phi) is 3.97. The number of aromatic nitrogens is 2.